The predicted octanol–water partition coefficient (Wildman–Crippen LogP) is 2.99. The molecule has 3 rings (SSSR count). The van der Waals surface area contributed by atoms with Crippen LogP contribution in [-0.2, 0) is 4.79 Å². The number of imidazole rings is 1. The molecule has 1 saturated carbocycles. The van der Waals surface area contributed by atoms with Gasteiger partial charge in [-0.05, 0) is 38.0 Å². The Morgan fingerprint density at radius 2 is 2.21 bits per heavy atom. The van der Waals surface area contributed by atoms with Crippen LogP contribution in [0.5, 0.6) is 0 Å². The fraction of sp³-hybridized carbons (Fsp3) is 0.312. The second-order valence-corrected chi connectivity index (χ2v) is 7.30. The highest BCUT2D eigenvalue weighted by Crippen LogP contribution is 2.25. The van der Waals surface area contributed by atoms with Crippen LogP contribution in [0.4, 0.5) is 4.79 Å². The number of benzene rings is 1. The summed E-state index contributed by atoms with van der Waals surface area (Å²) >= 11 is 7.30. The number of amides is 3. The highest BCUT2D eigenvalue weighted by molar-refractivity contribution is 8.00. The summed E-state index contributed by atoms with van der Waals surface area (Å²) < 4.78 is 1.85. The minimum atomic E-state index is -0.463. The van der Waals surface area contributed by atoms with Gasteiger partial charge in [0.1, 0.15) is 0 Å². The number of halogens is 1. The summed E-state index contributed by atoms with van der Waals surface area (Å²) in [5, 5.41) is 5.91. The molecule has 24 heavy (non-hydrogen) atoms. The van der Waals surface area contributed by atoms with E-state index in [0.29, 0.717) is 10.2 Å². The van der Waals surface area contributed by atoms with Crippen LogP contribution in [0.1, 0.15) is 19.8 Å². The van der Waals surface area contributed by atoms with Gasteiger partial charge in [-0.1, -0.05) is 29.4 Å². The molecule has 2 aromatic rings. The van der Waals surface area contributed by atoms with E-state index in [9.17, 15) is 9.59 Å². The number of urea groups is 1. The van der Waals surface area contributed by atoms with Gasteiger partial charge in [-0.25, -0.2) is 9.78 Å². The Kier molecular flexibility index (Phi) is 5.11. The average Bonchev–Trinajstić information content (AvgIpc) is 3.22. The number of aromatic nitrogens is 2. The summed E-state index contributed by atoms with van der Waals surface area (Å²) in [6.07, 6.45) is 5.41. The van der Waals surface area contributed by atoms with Crippen molar-refractivity contribution in [1.82, 2.24) is 20.2 Å². The Hall–Kier alpha value is -1.99. The number of carbonyl (C=O) groups excluding carboxylic acids is 2. The maximum atomic E-state index is 12.1. The molecule has 2 N–H and O–H groups in total. The molecule has 1 heterocycles. The van der Waals surface area contributed by atoms with Crippen LogP contribution in [-0.4, -0.2) is 32.8 Å². The Bertz CT molecular complexity index is 760. The zero-order chi connectivity index (χ0) is 17.1. The fourth-order valence-electron chi connectivity index (χ4n) is 2.07. The third kappa shape index (κ3) is 4.30. The molecule has 8 heteroatoms. The summed E-state index contributed by atoms with van der Waals surface area (Å²) in [7, 11) is 0. The van der Waals surface area contributed by atoms with Crippen molar-refractivity contribution in [3.8, 4) is 5.69 Å². The Morgan fingerprint density at radius 3 is 2.92 bits per heavy atom. The molecular weight excluding hydrogens is 348 g/mol. The summed E-state index contributed by atoms with van der Waals surface area (Å²) in [6, 6.07) is 7.15. The largest absolute Gasteiger partial charge is 0.335 e. The number of rotatable bonds is 5. The molecule has 1 fully saturated rings. The standard InChI is InChI=1S/C16H17ClN4O2S/c1-10(14(22)20-15(23)19-12-5-6-12)24-16-18-7-8-21(16)13-4-2-3-11(17)9-13/h2-4,7-10,12H,5-6H2,1H3,(H2,19,20,22,23). The molecule has 1 aliphatic carbocycles. The van der Waals surface area contributed by atoms with Crippen molar-refractivity contribution in [2.24, 2.45) is 0 Å². The molecule has 0 aliphatic heterocycles. The molecule has 0 saturated heterocycles. The van der Waals surface area contributed by atoms with Gasteiger partial charge in [0.15, 0.2) is 5.16 Å². The number of nitrogens with one attached hydrogen (secondary N) is 2. The molecule has 126 valence electrons. The normalized spacial score (nSPS) is 14.9. The molecule has 1 aliphatic rings. The van der Waals surface area contributed by atoms with Crippen LogP contribution in [0, 0.1) is 0 Å². The van der Waals surface area contributed by atoms with E-state index in [-0.39, 0.29) is 11.9 Å². The number of thioether (sulfide) groups is 1. The molecule has 0 radical (unpaired) electrons. The zero-order valence-corrected chi connectivity index (χ0v) is 14.6. The summed E-state index contributed by atoms with van der Waals surface area (Å²) in [5.41, 5.74) is 0.863. The van der Waals surface area contributed by atoms with Gasteiger partial charge in [0.25, 0.3) is 0 Å². The van der Waals surface area contributed by atoms with Crippen molar-refractivity contribution in [3.63, 3.8) is 0 Å². The molecular formula is C16H17ClN4O2S. The van der Waals surface area contributed by atoms with E-state index in [2.05, 4.69) is 15.6 Å². The second-order valence-electron chi connectivity index (χ2n) is 5.56. The molecule has 1 atom stereocenters. The predicted molar refractivity (Wildman–Crippen MR) is 93.6 cm³/mol. The lowest BCUT2D eigenvalue weighted by molar-refractivity contribution is -0.119. The van der Waals surface area contributed by atoms with Crippen molar-refractivity contribution >= 4 is 35.3 Å². The van der Waals surface area contributed by atoms with Gasteiger partial charge < -0.3 is 5.32 Å². The van der Waals surface area contributed by atoms with Crippen LogP contribution in [0.25, 0.3) is 5.69 Å². The Balaban J connectivity index is 1.64. The van der Waals surface area contributed by atoms with Gasteiger partial charge in [-0.15, -0.1) is 0 Å². The lowest BCUT2D eigenvalue weighted by Crippen LogP contribution is -2.43. The second kappa shape index (κ2) is 7.27. The smallest absolute Gasteiger partial charge is 0.321 e. The van der Waals surface area contributed by atoms with Gasteiger partial charge in [-0.3, -0.25) is 14.7 Å². The van der Waals surface area contributed by atoms with E-state index < -0.39 is 11.3 Å². The maximum Gasteiger partial charge on any atom is 0.321 e. The van der Waals surface area contributed by atoms with Gasteiger partial charge in [0.2, 0.25) is 5.91 Å². The third-order valence-corrected chi connectivity index (χ3v) is 4.81. The first-order valence-electron chi connectivity index (χ1n) is 7.60. The quantitative estimate of drug-likeness (QED) is 0.800. The first kappa shape index (κ1) is 16.9. The van der Waals surface area contributed by atoms with Crippen molar-refractivity contribution in [3.05, 3.63) is 41.7 Å². The molecule has 0 spiro atoms. The van der Waals surface area contributed by atoms with E-state index in [1.165, 1.54) is 11.8 Å². The van der Waals surface area contributed by atoms with E-state index in [1.807, 2.05) is 22.8 Å². The summed E-state index contributed by atoms with van der Waals surface area (Å²) in [6.45, 7) is 1.74. The molecule has 1 aromatic heterocycles. The minimum absolute atomic E-state index is 0.211. The van der Waals surface area contributed by atoms with Gasteiger partial charge >= 0.3 is 6.03 Å². The molecule has 3 amide bonds. The van der Waals surface area contributed by atoms with Crippen molar-refractivity contribution in [1.29, 1.82) is 0 Å². The number of hydrogen-bond acceptors (Lipinski definition) is 4. The summed E-state index contributed by atoms with van der Waals surface area (Å²) in [5.74, 6) is -0.348. The number of carbonyl (C=O) groups is 2. The number of nitrogens with zero attached hydrogens (tertiary/aromatic N) is 2. The monoisotopic (exact) mass is 364 g/mol. The molecule has 0 bridgehead atoms. The van der Waals surface area contributed by atoms with E-state index in [1.54, 1.807) is 25.4 Å². The number of imide groups is 1. The van der Waals surface area contributed by atoms with Crippen LogP contribution in [0.15, 0.2) is 41.8 Å². The zero-order valence-electron chi connectivity index (χ0n) is 13.0. The SMILES string of the molecule is CC(Sc1nccn1-c1cccc(Cl)c1)C(=O)NC(=O)NC1CC1. The minimum Gasteiger partial charge on any atom is -0.335 e. The average molecular weight is 365 g/mol. The van der Waals surface area contributed by atoms with Crippen LogP contribution in [0.2, 0.25) is 5.02 Å². The lowest BCUT2D eigenvalue weighted by Gasteiger charge is -2.13. The maximum absolute atomic E-state index is 12.1. The topological polar surface area (TPSA) is 76.0 Å². The van der Waals surface area contributed by atoms with E-state index >= 15 is 0 Å². The van der Waals surface area contributed by atoms with Gasteiger partial charge in [0, 0.05) is 29.1 Å². The Morgan fingerprint density at radius 1 is 1.42 bits per heavy atom. The molecule has 6 nitrogen and oxygen atoms in total. The van der Waals surface area contributed by atoms with Crippen molar-refractivity contribution in [2.75, 3.05) is 0 Å². The fourth-order valence-corrected chi connectivity index (χ4v) is 3.14. The van der Waals surface area contributed by atoms with Crippen LogP contribution in [0.3, 0.4) is 0 Å². The first-order chi connectivity index (χ1) is 11.5. The van der Waals surface area contributed by atoms with Crippen molar-refractivity contribution < 1.29 is 9.59 Å². The van der Waals surface area contributed by atoms with Gasteiger partial charge in [-0.2, -0.15) is 0 Å². The highest BCUT2D eigenvalue weighted by Gasteiger charge is 2.25. The number of hydrogen-bond donors (Lipinski definition) is 2. The highest BCUT2D eigenvalue weighted by atomic mass is 35.5. The lowest BCUT2D eigenvalue weighted by atomic mass is 10.3. The van der Waals surface area contributed by atoms with E-state index in [0.717, 1.165) is 18.5 Å². The van der Waals surface area contributed by atoms with Crippen molar-refractivity contribution in [2.45, 2.75) is 36.2 Å². The third-order valence-electron chi connectivity index (χ3n) is 3.49. The molecule has 1 unspecified atom stereocenters. The summed E-state index contributed by atoms with van der Waals surface area (Å²) in [4.78, 5) is 28.1. The molecule has 1 aromatic carbocycles. The van der Waals surface area contributed by atoms with E-state index in [4.69, 9.17) is 11.6 Å². The Labute approximate surface area is 149 Å². The van der Waals surface area contributed by atoms with Crippen LogP contribution >= 0.6 is 23.4 Å². The first-order valence-corrected chi connectivity index (χ1v) is 8.86. The van der Waals surface area contributed by atoms with Crippen LogP contribution < -0.4 is 10.6 Å². The van der Waals surface area contributed by atoms with Gasteiger partial charge in [0.05, 0.1) is 5.25 Å².